The third-order valence-electron chi connectivity index (χ3n) is 3.16. The summed E-state index contributed by atoms with van der Waals surface area (Å²) in [6.45, 7) is 9.21. The van der Waals surface area contributed by atoms with Crippen molar-refractivity contribution in [2.75, 3.05) is 13.1 Å². The average Bonchev–Trinajstić information content (AvgIpc) is 2.36. The van der Waals surface area contributed by atoms with E-state index in [4.69, 9.17) is 9.47 Å². The lowest BCUT2D eigenvalue weighted by atomic mass is 10.1. The molecular formula is C16H23NO3. The summed E-state index contributed by atoms with van der Waals surface area (Å²) < 4.78 is 11.3. The van der Waals surface area contributed by atoms with Gasteiger partial charge in [0.05, 0.1) is 18.3 Å². The summed E-state index contributed by atoms with van der Waals surface area (Å²) in [5.41, 5.74) is 0.671. The van der Waals surface area contributed by atoms with Gasteiger partial charge >= 0.3 is 0 Å². The van der Waals surface area contributed by atoms with Crippen molar-refractivity contribution >= 4 is 5.91 Å². The molecule has 4 nitrogen and oxygen atoms in total. The van der Waals surface area contributed by atoms with Crippen molar-refractivity contribution in [2.45, 2.75) is 46.0 Å². The molecule has 1 aromatic rings. The Balaban J connectivity index is 2.12. The quantitative estimate of drug-likeness (QED) is 0.852. The van der Waals surface area contributed by atoms with E-state index in [1.54, 1.807) is 0 Å². The van der Waals surface area contributed by atoms with E-state index < -0.39 is 0 Å². The van der Waals surface area contributed by atoms with Gasteiger partial charge in [-0.25, -0.2) is 0 Å². The highest BCUT2D eigenvalue weighted by Gasteiger charge is 2.26. The highest BCUT2D eigenvalue weighted by atomic mass is 16.5. The minimum Gasteiger partial charge on any atom is -0.491 e. The summed E-state index contributed by atoms with van der Waals surface area (Å²) in [6, 6.07) is 7.38. The van der Waals surface area contributed by atoms with Gasteiger partial charge in [-0.15, -0.1) is 0 Å². The highest BCUT2D eigenvalue weighted by Crippen LogP contribution is 2.19. The molecule has 1 aromatic carbocycles. The predicted octanol–water partition coefficient (Wildman–Crippen LogP) is 2.72. The smallest absolute Gasteiger partial charge is 0.254 e. The van der Waals surface area contributed by atoms with E-state index in [9.17, 15) is 4.79 Å². The maximum absolute atomic E-state index is 12.5. The zero-order chi connectivity index (χ0) is 14.7. The van der Waals surface area contributed by atoms with Crippen LogP contribution in [0.15, 0.2) is 24.3 Å². The highest BCUT2D eigenvalue weighted by molar-refractivity contribution is 5.94. The number of nitrogens with zero attached hydrogens (tertiary/aromatic N) is 1. The Kier molecular flexibility index (Phi) is 4.65. The molecule has 2 atom stereocenters. The van der Waals surface area contributed by atoms with Crippen LogP contribution in [0, 0.1) is 0 Å². The minimum absolute atomic E-state index is 0.0428. The fourth-order valence-corrected chi connectivity index (χ4v) is 2.50. The number of carbonyl (C=O) groups excluding carboxylic acids is 1. The zero-order valence-corrected chi connectivity index (χ0v) is 12.6. The summed E-state index contributed by atoms with van der Waals surface area (Å²) >= 11 is 0. The average molecular weight is 277 g/mol. The maximum Gasteiger partial charge on any atom is 0.254 e. The molecule has 110 valence electrons. The summed E-state index contributed by atoms with van der Waals surface area (Å²) in [6.07, 6.45) is 0.263. The Morgan fingerprint density at radius 1 is 1.30 bits per heavy atom. The van der Waals surface area contributed by atoms with Crippen molar-refractivity contribution in [3.63, 3.8) is 0 Å². The van der Waals surface area contributed by atoms with Crippen molar-refractivity contribution in [3.05, 3.63) is 29.8 Å². The molecule has 0 spiro atoms. The molecule has 0 radical (unpaired) electrons. The molecule has 0 aliphatic carbocycles. The molecule has 0 aromatic heterocycles. The fraction of sp³-hybridized carbons (Fsp3) is 0.562. The third-order valence-corrected chi connectivity index (χ3v) is 3.16. The monoisotopic (exact) mass is 277 g/mol. The Morgan fingerprint density at radius 2 is 1.95 bits per heavy atom. The second-order valence-electron chi connectivity index (χ2n) is 5.66. The van der Waals surface area contributed by atoms with Gasteiger partial charge in [-0.1, -0.05) is 6.07 Å². The first-order valence-corrected chi connectivity index (χ1v) is 7.17. The van der Waals surface area contributed by atoms with E-state index in [-0.39, 0.29) is 24.2 Å². The lowest BCUT2D eigenvalue weighted by molar-refractivity contribution is -0.0586. The normalized spacial score (nSPS) is 22.9. The van der Waals surface area contributed by atoms with Gasteiger partial charge in [0.15, 0.2) is 0 Å². The van der Waals surface area contributed by atoms with Crippen LogP contribution in [0.25, 0.3) is 0 Å². The van der Waals surface area contributed by atoms with Crippen LogP contribution in [0.5, 0.6) is 5.75 Å². The molecule has 0 saturated carbocycles. The van der Waals surface area contributed by atoms with Crippen LogP contribution in [-0.2, 0) is 4.74 Å². The van der Waals surface area contributed by atoms with Crippen LogP contribution in [0.4, 0.5) is 0 Å². The molecule has 0 unspecified atom stereocenters. The first-order chi connectivity index (χ1) is 9.45. The van der Waals surface area contributed by atoms with Crippen LogP contribution < -0.4 is 4.74 Å². The molecule has 20 heavy (non-hydrogen) atoms. The third kappa shape index (κ3) is 3.73. The van der Waals surface area contributed by atoms with E-state index in [1.807, 2.05) is 56.9 Å². The second kappa shape index (κ2) is 6.27. The first-order valence-electron chi connectivity index (χ1n) is 7.17. The zero-order valence-electron chi connectivity index (χ0n) is 12.6. The second-order valence-corrected chi connectivity index (χ2v) is 5.66. The van der Waals surface area contributed by atoms with E-state index in [0.29, 0.717) is 18.7 Å². The molecule has 4 heteroatoms. The van der Waals surface area contributed by atoms with Crippen molar-refractivity contribution in [1.29, 1.82) is 0 Å². The summed E-state index contributed by atoms with van der Waals surface area (Å²) in [7, 11) is 0. The van der Waals surface area contributed by atoms with Gasteiger partial charge in [0.2, 0.25) is 0 Å². The topological polar surface area (TPSA) is 38.8 Å². The number of amides is 1. The van der Waals surface area contributed by atoms with Crippen LogP contribution in [0.1, 0.15) is 38.1 Å². The number of hydrogen-bond donors (Lipinski definition) is 0. The molecule has 1 saturated heterocycles. The maximum atomic E-state index is 12.5. The van der Waals surface area contributed by atoms with Crippen molar-refractivity contribution in [3.8, 4) is 5.75 Å². The number of carbonyl (C=O) groups is 1. The fourth-order valence-electron chi connectivity index (χ4n) is 2.50. The summed E-state index contributed by atoms with van der Waals surface area (Å²) in [5, 5.41) is 0. The van der Waals surface area contributed by atoms with Crippen molar-refractivity contribution in [1.82, 2.24) is 4.90 Å². The minimum atomic E-state index is 0.0428. The molecule has 1 aliphatic rings. The van der Waals surface area contributed by atoms with Crippen molar-refractivity contribution < 1.29 is 14.3 Å². The number of hydrogen-bond acceptors (Lipinski definition) is 3. The molecule has 0 bridgehead atoms. The number of ether oxygens (including phenoxy) is 2. The summed E-state index contributed by atoms with van der Waals surface area (Å²) in [5.74, 6) is 0.779. The van der Waals surface area contributed by atoms with Crippen LogP contribution in [-0.4, -0.2) is 42.2 Å². The standard InChI is InChI=1S/C16H23NO3/c1-11(2)19-15-7-5-6-14(8-15)16(18)17-9-12(3)20-13(4)10-17/h5-8,11-13H,9-10H2,1-4H3/t12-,13-/m1/s1. The Labute approximate surface area is 120 Å². The molecule has 1 fully saturated rings. The number of morpholine rings is 1. The van der Waals surface area contributed by atoms with E-state index in [0.717, 1.165) is 5.75 Å². The molecular weight excluding hydrogens is 254 g/mol. The predicted molar refractivity (Wildman–Crippen MR) is 78.1 cm³/mol. The van der Waals surface area contributed by atoms with Crippen LogP contribution in [0.3, 0.4) is 0 Å². The molecule has 1 aliphatic heterocycles. The van der Waals surface area contributed by atoms with Gasteiger partial charge in [0.1, 0.15) is 5.75 Å². The molecule has 1 amide bonds. The van der Waals surface area contributed by atoms with E-state index in [2.05, 4.69) is 0 Å². The lowest BCUT2D eigenvalue weighted by Crippen LogP contribution is -2.48. The van der Waals surface area contributed by atoms with Gasteiger partial charge in [-0.05, 0) is 45.9 Å². The molecule has 1 heterocycles. The van der Waals surface area contributed by atoms with Gasteiger partial charge in [0.25, 0.3) is 5.91 Å². The number of rotatable bonds is 3. The Morgan fingerprint density at radius 3 is 2.55 bits per heavy atom. The van der Waals surface area contributed by atoms with Crippen molar-refractivity contribution in [2.24, 2.45) is 0 Å². The van der Waals surface area contributed by atoms with Crippen LogP contribution in [0.2, 0.25) is 0 Å². The molecule has 0 N–H and O–H groups in total. The van der Waals surface area contributed by atoms with E-state index >= 15 is 0 Å². The van der Waals surface area contributed by atoms with Gasteiger partial charge in [-0.3, -0.25) is 4.79 Å². The Bertz CT molecular complexity index is 463. The van der Waals surface area contributed by atoms with E-state index in [1.165, 1.54) is 0 Å². The Hall–Kier alpha value is -1.55. The van der Waals surface area contributed by atoms with Gasteiger partial charge in [0, 0.05) is 18.7 Å². The first kappa shape index (κ1) is 14.9. The lowest BCUT2D eigenvalue weighted by Gasteiger charge is -2.35. The SMILES string of the molecule is CC(C)Oc1cccc(C(=O)N2C[C@@H](C)O[C@H](C)C2)c1. The molecule has 2 rings (SSSR count). The summed E-state index contributed by atoms with van der Waals surface area (Å²) in [4.78, 5) is 14.4. The van der Waals surface area contributed by atoms with Gasteiger partial charge in [-0.2, -0.15) is 0 Å². The number of benzene rings is 1. The van der Waals surface area contributed by atoms with Gasteiger partial charge < -0.3 is 14.4 Å². The van der Waals surface area contributed by atoms with Crippen LogP contribution >= 0.6 is 0 Å². The largest absolute Gasteiger partial charge is 0.491 e.